The van der Waals surface area contributed by atoms with E-state index in [2.05, 4.69) is 23.5 Å². The molecule has 3 rings (SSSR count). The van der Waals surface area contributed by atoms with E-state index in [0.29, 0.717) is 0 Å². The second kappa shape index (κ2) is 6.95. The number of rotatable bonds is 4. The van der Waals surface area contributed by atoms with Gasteiger partial charge in [-0.3, -0.25) is 0 Å². The number of amides is 2. The van der Waals surface area contributed by atoms with Gasteiger partial charge in [0.05, 0.1) is 6.04 Å². The summed E-state index contributed by atoms with van der Waals surface area (Å²) in [5.41, 5.74) is 3.70. The smallest absolute Gasteiger partial charge is 0.317 e. The highest BCUT2D eigenvalue weighted by Gasteiger charge is 2.28. The van der Waals surface area contributed by atoms with Crippen molar-refractivity contribution in [3.63, 3.8) is 0 Å². The van der Waals surface area contributed by atoms with Crippen molar-refractivity contribution in [2.75, 3.05) is 7.05 Å². The molecule has 2 atom stereocenters. The van der Waals surface area contributed by atoms with Gasteiger partial charge in [-0.15, -0.1) is 0 Å². The molecule has 0 unspecified atom stereocenters. The monoisotopic (exact) mass is 324 g/mol. The molecule has 0 saturated carbocycles. The summed E-state index contributed by atoms with van der Waals surface area (Å²) in [6, 6.07) is 15.6. The number of carbonyl (C=O) groups is 1. The van der Waals surface area contributed by atoms with E-state index in [1.54, 1.807) is 12.1 Å². The van der Waals surface area contributed by atoms with Crippen LogP contribution in [0.15, 0.2) is 48.5 Å². The van der Waals surface area contributed by atoms with Crippen LogP contribution < -0.4 is 5.32 Å². The molecule has 0 aromatic heterocycles. The lowest BCUT2D eigenvalue weighted by molar-refractivity contribution is 0.187. The van der Waals surface area contributed by atoms with Gasteiger partial charge in [0.1, 0.15) is 5.75 Å². The van der Waals surface area contributed by atoms with Crippen molar-refractivity contribution in [3.8, 4) is 5.75 Å². The molecular weight excluding hydrogens is 300 g/mol. The Balaban J connectivity index is 1.59. The average molecular weight is 324 g/mol. The molecule has 0 aliphatic heterocycles. The van der Waals surface area contributed by atoms with Crippen molar-refractivity contribution < 1.29 is 9.90 Å². The third-order valence-corrected chi connectivity index (χ3v) is 4.74. The summed E-state index contributed by atoms with van der Waals surface area (Å²) in [5.74, 6) is 0.259. The van der Waals surface area contributed by atoms with Crippen LogP contribution in [0.1, 0.15) is 36.1 Å². The van der Waals surface area contributed by atoms with Gasteiger partial charge in [0.15, 0.2) is 0 Å². The molecule has 2 N–H and O–H groups in total. The summed E-state index contributed by atoms with van der Waals surface area (Å²) in [4.78, 5) is 14.4. The van der Waals surface area contributed by atoms with Gasteiger partial charge in [0, 0.05) is 13.1 Å². The van der Waals surface area contributed by atoms with E-state index < -0.39 is 0 Å². The Hall–Kier alpha value is -2.49. The van der Waals surface area contributed by atoms with E-state index in [1.165, 1.54) is 11.1 Å². The summed E-state index contributed by atoms with van der Waals surface area (Å²) in [7, 11) is 1.87. The van der Waals surface area contributed by atoms with Gasteiger partial charge in [-0.25, -0.2) is 4.79 Å². The number of urea groups is 1. The second-order valence-corrected chi connectivity index (χ2v) is 6.59. The Morgan fingerprint density at radius 3 is 2.71 bits per heavy atom. The molecule has 0 radical (unpaired) electrons. The Bertz CT molecular complexity index is 712. The molecule has 0 heterocycles. The minimum absolute atomic E-state index is 0.0288. The first-order chi connectivity index (χ1) is 11.5. The Kier molecular flexibility index (Phi) is 4.74. The molecule has 4 heteroatoms. The fraction of sp³-hybridized carbons (Fsp3) is 0.350. The number of nitrogens with zero attached hydrogens (tertiary/aromatic N) is 1. The predicted octanol–water partition coefficient (Wildman–Crippen LogP) is 3.65. The fourth-order valence-corrected chi connectivity index (χ4v) is 3.43. The van der Waals surface area contributed by atoms with E-state index in [1.807, 2.05) is 37.1 Å². The number of phenols is 1. The van der Waals surface area contributed by atoms with E-state index in [-0.39, 0.29) is 23.9 Å². The van der Waals surface area contributed by atoms with Crippen molar-refractivity contribution in [2.45, 2.75) is 38.3 Å². The third-order valence-electron chi connectivity index (χ3n) is 4.74. The van der Waals surface area contributed by atoms with Crippen molar-refractivity contribution in [1.29, 1.82) is 0 Å². The molecule has 126 valence electrons. The van der Waals surface area contributed by atoms with Gasteiger partial charge < -0.3 is 15.3 Å². The molecule has 24 heavy (non-hydrogen) atoms. The topological polar surface area (TPSA) is 52.6 Å². The highest BCUT2D eigenvalue weighted by Crippen LogP contribution is 2.34. The van der Waals surface area contributed by atoms with Gasteiger partial charge in [-0.2, -0.15) is 0 Å². The zero-order valence-electron chi connectivity index (χ0n) is 14.2. The van der Waals surface area contributed by atoms with E-state index >= 15 is 0 Å². The summed E-state index contributed by atoms with van der Waals surface area (Å²) >= 11 is 0. The van der Waals surface area contributed by atoms with Gasteiger partial charge in [-0.05, 0) is 55.0 Å². The molecule has 2 amide bonds. The number of aryl methyl sites for hydroxylation is 1. The lowest BCUT2D eigenvalue weighted by Crippen LogP contribution is -2.43. The number of hydrogen-bond donors (Lipinski definition) is 2. The molecule has 0 spiro atoms. The maximum absolute atomic E-state index is 12.6. The lowest BCUT2D eigenvalue weighted by Gasteiger charge is -2.27. The number of fused-ring (bicyclic) bond motifs is 1. The van der Waals surface area contributed by atoms with Crippen molar-refractivity contribution in [2.24, 2.45) is 0 Å². The summed E-state index contributed by atoms with van der Waals surface area (Å²) < 4.78 is 0. The Labute approximate surface area is 143 Å². The standard InChI is InChI=1S/C20H24N2O2/c1-14(13-15-7-10-17(23)11-8-15)21-20(24)22(2)19-12-9-16-5-3-4-6-18(16)19/h3-8,10-11,14,19,23H,9,12-13H2,1-2H3,(H,21,24)/t14-,19-/m0/s1. The van der Waals surface area contributed by atoms with Crippen molar-refractivity contribution in [3.05, 3.63) is 65.2 Å². The predicted molar refractivity (Wildman–Crippen MR) is 95.1 cm³/mol. The first-order valence-corrected chi connectivity index (χ1v) is 8.43. The third kappa shape index (κ3) is 3.53. The fourth-order valence-electron chi connectivity index (χ4n) is 3.43. The van der Waals surface area contributed by atoms with Crippen LogP contribution >= 0.6 is 0 Å². The van der Waals surface area contributed by atoms with Crippen LogP contribution in [0.2, 0.25) is 0 Å². The van der Waals surface area contributed by atoms with E-state index in [4.69, 9.17) is 0 Å². The molecule has 2 aromatic carbocycles. The largest absolute Gasteiger partial charge is 0.508 e. The minimum atomic E-state index is -0.0389. The number of hydrogen-bond acceptors (Lipinski definition) is 2. The summed E-state index contributed by atoms with van der Waals surface area (Å²) in [5, 5.41) is 12.4. The van der Waals surface area contributed by atoms with Gasteiger partial charge in [-0.1, -0.05) is 36.4 Å². The molecule has 2 aromatic rings. The summed E-state index contributed by atoms with van der Waals surface area (Å²) in [6.45, 7) is 2.00. The number of benzene rings is 2. The van der Waals surface area contributed by atoms with Gasteiger partial charge >= 0.3 is 6.03 Å². The molecule has 4 nitrogen and oxygen atoms in total. The maximum atomic E-state index is 12.6. The van der Waals surface area contributed by atoms with Crippen molar-refractivity contribution in [1.82, 2.24) is 10.2 Å². The molecule has 1 aliphatic carbocycles. The normalized spacial score (nSPS) is 17.2. The number of nitrogens with one attached hydrogen (secondary N) is 1. The molecule has 0 saturated heterocycles. The van der Waals surface area contributed by atoms with Crippen LogP contribution in [-0.2, 0) is 12.8 Å². The number of aromatic hydroxyl groups is 1. The molecular formula is C20H24N2O2. The van der Waals surface area contributed by atoms with Gasteiger partial charge in [0.25, 0.3) is 0 Å². The second-order valence-electron chi connectivity index (χ2n) is 6.59. The minimum Gasteiger partial charge on any atom is -0.508 e. The molecule has 0 fully saturated rings. The van der Waals surface area contributed by atoms with Gasteiger partial charge in [0.2, 0.25) is 0 Å². The highest BCUT2D eigenvalue weighted by atomic mass is 16.3. The Morgan fingerprint density at radius 2 is 1.96 bits per heavy atom. The first kappa shape index (κ1) is 16.4. The van der Waals surface area contributed by atoms with Crippen LogP contribution in [0.4, 0.5) is 4.79 Å². The maximum Gasteiger partial charge on any atom is 0.317 e. The zero-order chi connectivity index (χ0) is 17.1. The zero-order valence-corrected chi connectivity index (χ0v) is 14.2. The van der Waals surface area contributed by atoms with E-state index in [9.17, 15) is 9.90 Å². The van der Waals surface area contributed by atoms with Crippen LogP contribution in [-0.4, -0.2) is 29.1 Å². The van der Waals surface area contributed by atoms with Crippen LogP contribution in [0.5, 0.6) is 5.75 Å². The number of phenolic OH excluding ortho intramolecular Hbond substituents is 1. The highest BCUT2D eigenvalue weighted by molar-refractivity contribution is 5.75. The lowest BCUT2D eigenvalue weighted by atomic mass is 10.1. The quantitative estimate of drug-likeness (QED) is 0.902. The molecule has 0 bridgehead atoms. The Morgan fingerprint density at radius 1 is 1.25 bits per heavy atom. The van der Waals surface area contributed by atoms with E-state index in [0.717, 1.165) is 24.8 Å². The first-order valence-electron chi connectivity index (χ1n) is 8.43. The van der Waals surface area contributed by atoms with Crippen molar-refractivity contribution >= 4 is 6.03 Å². The number of carbonyl (C=O) groups excluding carboxylic acids is 1. The SMILES string of the molecule is C[C@@H](Cc1ccc(O)cc1)NC(=O)N(C)[C@H]1CCc2ccccc21. The van der Waals surface area contributed by atoms with Crippen LogP contribution in [0.25, 0.3) is 0 Å². The molecule has 1 aliphatic rings. The van der Waals surface area contributed by atoms with Crippen LogP contribution in [0, 0.1) is 0 Å². The van der Waals surface area contributed by atoms with Crippen LogP contribution in [0.3, 0.4) is 0 Å². The average Bonchev–Trinajstić information content (AvgIpc) is 3.00. The summed E-state index contributed by atoms with van der Waals surface area (Å²) in [6.07, 6.45) is 2.75.